The Bertz CT molecular complexity index is 478. The number of unbranched alkanes of at least 4 members (excludes halogenated alkanes) is 1. The van der Waals surface area contributed by atoms with Gasteiger partial charge in [0.1, 0.15) is 12.4 Å². The molecule has 0 saturated carbocycles. The molecule has 1 aromatic rings. The van der Waals surface area contributed by atoms with Crippen LogP contribution in [0.5, 0.6) is 5.75 Å². The van der Waals surface area contributed by atoms with Gasteiger partial charge in [-0.2, -0.15) is 0 Å². The second-order valence-corrected chi connectivity index (χ2v) is 8.92. The molecule has 3 nitrogen and oxygen atoms in total. The average Bonchev–Trinajstić information content (AvgIpc) is 3.06. The molecule has 1 aromatic carbocycles. The van der Waals surface area contributed by atoms with Crippen LogP contribution in [0.2, 0.25) is 5.02 Å². The topological polar surface area (TPSA) is 29.5 Å². The van der Waals surface area contributed by atoms with Crippen LogP contribution in [0.25, 0.3) is 0 Å². The summed E-state index contributed by atoms with van der Waals surface area (Å²) in [5.41, 5.74) is 0. The third-order valence-corrected chi connectivity index (χ3v) is 7.09. The van der Waals surface area contributed by atoms with Gasteiger partial charge in [-0.15, -0.1) is 0 Å². The second kappa shape index (κ2) is 10.4. The van der Waals surface area contributed by atoms with Crippen LogP contribution < -0.4 is 4.74 Å². The van der Waals surface area contributed by atoms with E-state index in [1.807, 2.05) is 40.8 Å². The molecule has 0 N–H and O–H groups in total. The van der Waals surface area contributed by atoms with Crippen LogP contribution in [0.3, 0.4) is 0 Å². The first-order chi connectivity index (χ1) is 11.1. The highest BCUT2D eigenvalue weighted by atomic mass is 35.5. The zero-order chi connectivity index (χ0) is 16.5. The standard InChI is InChI=1S/C17H24ClNO2S2/c1-19(11-12-21-15-8-6-14(18)7-9-15)17(20)5-3-2-4-16-10-13-22-23-16/h6-9,16H,2-5,10-13H2,1H3. The molecule has 1 atom stereocenters. The lowest BCUT2D eigenvalue weighted by molar-refractivity contribution is -0.130. The van der Waals surface area contributed by atoms with Gasteiger partial charge >= 0.3 is 0 Å². The fraction of sp³-hybridized carbons (Fsp3) is 0.588. The molecule has 1 aliphatic heterocycles. The maximum Gasteiger partial charge on any atom is 0.222 e. The molecule has 1 unspecified atom stereocenters. The number of halogens is 1. The monoisotopic (exact) mass is 373 g/mol. The number of nitrogens with zero attached hydrogens (tertiary/aromatic N) is 1. The van der Waals surface area contributed by atoms with Crippen molar-refractivity contribution in [1.82, 2.24) is 4.90 Å². The fourth-order valence-electron chi connectivity index (χ4n) is 2.36. The number of rotatable bonds is 9. The Morgan fingerprint density at radius 1 is 1.35 bits per heavy atom. The average molecular weight is 374 g/mol. The van der Waals surface area contributed by atoms with Crippen LogP contribution in [-0.4, -0.2) is 42.0 Å². The smallest absolute Gasteiger partial charge is 0.222 e. The number of hydrogen-bond donors (Lipinski definition) is 0. The van der Waals surface area contributed by atoms with Crippen molar-refractivity contribution in [3.8, 4) is 5.75 Å². The Labute approximate surface area is 151 Å². The molecule has 0 aromatic heterocycles. The van der Waals surface area contributed by atoms with Crippen molar-refractivity contribution in [1.29, 1.82) is 0 Å². The van der Waals surface area contributed by atoms with Gasteiger partial charge in [0.2, 0.25) is 5.91 Å². The molecule has 0 radical (unpaired) electrons. The van der Waals surface area contributed by atoms with Crippen LogP contribution in [0, 0.1) is 0 Å². The van der Waals surface area contributed by atoms with E-state index < -0.39 is 0 Å². The zero-order valence-corrected chi connectivity index (χ0v) is 15.9. The van der Waals surface area contributed by atoms with Gasteiger partial charge in [-0.25, -0.2) is 0 Å². The highest BCUT2D eigenvalue weighted by Crippen LogP contribution is 2.39. The number of carbonyl (C=O) groups is 1. The molecule has 1 saturated heterocycles. The lowest BCUT2D eigenvalue weighted by atomic mass is 10.1. The van der Waals surface area contributed by atoms with E-state index in [9.17, 15) is 4.79 Å². The van der Waals surface area contributed by atoms with Gasteiger partial charge in [-0.05, 0) is 43.5 Å². The van der Waals surface area contributed by atoms with E-state index in [-0.39, 0.29) is 5.91 Å². The Morgan fingerprint density at radius 2 is 2.13 bits per heavy atom. The first-order valence-electron chi connectivity index (χ1n) is 8.06. The number of amides is 1. The molecule has 1 aliphatic rings. The van der Waals surface area contributed by atoms with E-state index in [0.717, 1.165) is 23.8 Å². The van der Waals surface area contributed by atoms with Crippen molar-refractivity contribution in [2.45, 2.75) is 37.4 Å². The van der Waals surface area contributed by atoms with E-state index in [2.05, 4.69) is 0 Å². The van der Waals surface area contributed by atoms with Crippen molar-refractivity contribution < 1.29 is 9.53 Å². The van der Waals surface area contributed by atoms with Crippen molar-refractivity contribution in [2.24, 2.45) is 0 Å². The van der Waals surface area contributed by atoms with Crippen molar-refractivity contribution in [2.75, 3.05) is 26.0 Å². The summed E-state index contributed by atoms with van der Waals surface area (Å²) in [6.07, 6.45) is 5.35. The van der Waals surface area contributed by atoms with Gasteiger partial charge in [0, 0.05) is 29.5 Å². The SMILES string of the molecule is CN(CCOc1ccc(Cl)cc1)C(=O)CCCCC1CCSS1. The largest absolute Gasteiger partial charge is 0.492 e. The number of likely N-dealkylation sites (N-methyl/N-ethyl adjacent to an activating group) is 1. The fourth-order valence-corrected chi connectivity index (χ4v) is 5.51. The first kappa shape index (κ1) is 18.8. The highest BCUT2D eigenvalue weighted by Gasteiger charge is 2.16. The molecule has 0 bridgehead atoms. The summed E-state index contributed by atoms with van der Waals surface area (Å²) < 4.78 is 5.62. The van der Waals surface area contributed by atoms with Gasteiger partial charge < -0.3 is 9.64 Å². The minimum absolute atomic E-state index is 0.207. The summed E-state index contributed by atoms with van der Waals surface area (Å²) >= 11 is 5.83. The summed E-state index contributed by atoms with van der Waals surface area (Å²) in [6, 6.07) is 7.27. The van der Waals surface area contributed by atoms with Crippen molar-refractivity contribution in [3.05, 3.63) is 29.3 Å². The number of ether oxygens (including phenoxy) is 1. The Hall–Kier alpha value is -0.520. The van der Waals surface area contributed by atoms with Crippen molar-refractivity contribution in [3.63, 3.8) is 0 Å². The zero-order valence-electron chi connectivity index (χ0n) is 13.5. The maximum atomic E-state index is 12.1. The summed E-state index contributed by atoms with van der Waals surface area (Å²) in [6.45, 7) is 1.11. The molecule has 0 spiro atoms. The summed E-state index contributed by atoms with van der Waals surface area (Å²) in [5.74, 6) is 2.27. The Kier molecular flexibility index (Phi) is 8.48. The van der Waals surface area contributed by atoms with Gasteiger partial charge in [0.25, 0.3) is 0 Å². The molecule has 6 heteroatoms. The van der Waals surface area contributed by atoms with E-state index >= 15 is 0 Å². The van der Waals surface area contributed by atoms with E-state index in [1.54, 1.807) is 17.0 Å². The minimum atomic E-state index is 0.207. The molecule has 1 fully saturated rings. The molecular formula is C17H24ClNO2S2. The van der Waals surface area contributed by atoms with Crippen molar-refractivity contribution >= 4 is 39.1 Å². The predicted octanol–water partition coefficient (Wildman–Crippen LogP) is 4.89. The third-order valence-electron chi connectivity index (χ3n) is 3.83. The van der Waals surface area contributed by atoms with Gasteiger partial charge in [-0.1, -0.05) is 39.6 Å². The number of benzene rings is 1. The molecule has 23 heavy (non-hydrogen) atoms. The number of hydrogen-bond acceptors (Lipinski definition) is 4. The molecule has 2 rings (SSSR count). The van der Waals surface area contributed by atoms with E-state index in [4.69, 9.17) is 16.3 Å². The van der Waals surface area contributed by atoms with Crippen LogP contribution >= 0.6 is 33.2 Å². The van der Waals surface area contributed by atoms with Gasteiger partial charge in [0.15, 0.2) is 0 Å². The summed E-state index contributed by atoms with van der Waals surface area (Å²) in [4.78, 5) is 13.8. The van der Waals surface area contributed by atoms with Crippen LogP contribution in [-0.2, 0) is 4.79 Å². The minimum Gasteiger partial charge on any atom is -0.492 e. The molecule has 0 aliphatic carbocycles. The van der Waals surface area contributed by atoms with E-state index in [0.29, 0.717) is 24.6 Å². The summed E-state index contributed by atoms with van der Waals surface area (Å²) in [7, 11) is 5.84. The quantitative estimate of drug-likeness (QED) is 0.455. The first-order valence-corrected chi connectivity index (χ1v) is 10.8. The molecule has 1 amide bonds. The van der Waals surface area contributed by atoms with Gasteiger partial charge in [0.05, 0.1) is 6.54 Å². The van der Waals surface area contributed by atoms with Crippen LogP contribution in [0.4, 0.5) is 0 Å². The lowest BCUT2D eigenvalue weighted by Crippen LogP contribution is -2.30. The Balaban J connectivity index is 1.54. The maximum absolute atomic E-state index is 12.1. The molecular weight excluding hydrogens is 350 g/mol. The molecule has 128 valence electrons. The summed E-state index contributed by atoms with van der Waals surface area (Å²) in [5, 5.41) is 1.50. The van der Waals surface area contributed by atoms with Gasteiger partial charge in [-0.3, -0.25) is 4.79 Å². The second-order valence-electron chi connectivity index (χ2n) is 5.69. The lowest BCUT2D eigenvalue weighted by Gasteiger charge is -2.17. The van der Waals surface area contributed by atoms with Crippen LogP contribution in [0.1, 0.15) is 32.1 Å². The van der Waals surface area contributed by atoms with Crippen LogP contribution in [0.15, 0.2) is 24.3 Å². The Morgan fingerprint density at radius 3 is 2.83 bits per heavy atom. The highest BCUT2D eigenvalue weighted by molar-refractivity contribution is 8.77. The predicted molar refractivity (Wildman–Crippen MR) is 102 cm³/mol. The third kappa shape index (κ3) is 7.27. The normalized spacial score (nSPS) is 17.2. The number of carbonyl (C=O) groups excluding carboxylic acids is 1. The van der Waals surface area contributed by atoms with E-state index in [1.165, 1.54) is 18.6 Å². The molecule has 1 heterocycles.